The maximum atomic E-state index is 13.6. The summed E-state index contributed by atoms with van der Waals surface area (Å²) in [6.07, 6.45) is 5.63. The van der Waals surface area contributed by atoms with Gasteiger partial charge in [-0.05, 0) is 43.4 Å². The SMILES string of the molecule is Fc1ccc(C2OCCC2Nc2cc(N3CCCCC3)ncn2)cc1F. The Balaban J connectivity index is 1.49. The number of hydrogen-bond donors (Lipinski definition) is 1. The minimum atomic E-state index is -0.855. The van der Waals surface area contributed by atoms with Crippen molar-refractivity contribution >= 4 is 11.6 Å². The molecule has 0 spiro atoms. The van der Waals surface area contributed by atoms with Crippen molar-refractivity contribution in [3.63, 3.8) is 0 Å². The third-order valence-electron chi connectivity index (χ3n) is 5.03. The summed E-state index contributed by atoms with van der Waals surface area (Å²) in [4.78, 5) is 11.0. The van der Waals surface area contributed by atoms with Crippen LogP contribution in [-0.4, -0.2) is 35.7 Å². The van der Waals surface area contributed by atoms with Gasteiger partial charge >= 0.3 is 0 Å². The first-order chi connectivity index (χ1) is 12.7. The third kappa shape index (κ3) is 3.62. The van der Waals surface area contributed by atoms with Crippen molar-refractivity contribution in [2.24, 2.45) is 0 Å². The summed E-state index contributed by atoms with van der Waals surface area (Å²) in [5, 5.41) is 3.38. The lowest BCUT2D eigenvalue weighted by atomic mass is 10.0. The van der Waals surface area contributed by atoms with Crippen LogP contribution in [0.2, 0.25) is 0 Å². The molecule has 1 N–H and O–H groups in total. The predicted octanol–water partition coefficient (Wildman–Crippen LogP) is 3.69. The van der Waals surface area contributed by atoms with Gasteiger partial charge in [0.05, 0.1) is 6.04 Å². The molecule has 2 fully saturated rings. The summed E-state index contributed by atoms with van der Waals surface area (Å²) in [5.41, 5.74) is 0.629. The molecule has 0 saturated carbocycles. The highest BCUT2D eigenvalue weighted by Gasteiger charge is 2.30. The van der Waals surface area contributed by atoms with E-state index in [1.165, 1.54) is 25.3 Å². The van der Waals surface area contributed by atoms with Crippen LogP contribution >= 0.6 is 0 Å². The van der Waals surface area contributed by atoms with E-state index in [-0.39, 0.29) is 12.1 Å². The van der Waals surface area contributed by atoms with Gasteiger partial charge in [0.1, 0.15) is 24.1 Å². The Kier molecular flexibility index (Phi) is 4.97. The average Bonchev–Trinajstić information content (AvgIpc) is 3.13. The van der Waals surface area contributed by atoms with Crippen LogP contribution < -0.4 is 10.2 Å². The van der Waals surface area contributed by atoms with E-state index in [2.05, 4.69) is 20.2 Å². The summed E-state index contributed by atoms with van der Waals surface area (Å²) >= 11 is 0. The first kappa shape index (κ1) is 17.1. The number of benzene rings is 1. The highest BCUT2D eigenvalue weighted by Crippen LogP contribution is 2.32. The van der Waals surface area contributed by atoms with Gasteiger partial charge in [0.2, 0.25) is 0 Å². The molecule has 5 nitrogen and oxygen atoms in total. The molecule has 0 aliphatic carbocycles. The number of nitrogens with zero attached hydrogens (tertiary/aromatic N) is 3. The fraction of sp³-hybridized carbons (Fsp3) is 0.474. The number of piperidine rings is 1. The average molecular weight is 360 g/mol. The van der Waals surface area contributed by atoms with Crippen LogP contribution in [0, 0.1) is 11.6 Å². The Morgan fingerprint density at radius 2 is 1.88 bits per heavy atom. The molecule has 1 aromatic heterocycles. The van der Waals surface area contributed by atoms with Gasteiger partial charge in [-0.3, -0.25) is 0 Å². The molecule has 2 saturated heterocycles. The molecule has 2 unspecified atom stereocenters. The molecule has 0 bridgehead atoms. The van der Waals surface area contributed by atoms with Gasteiger partial charge in [0, 0.05) is 25.8 Å². The van der Waals surface area contributed by atoms with Crippen molar-refractivity contribution in [3.8, 4) is 0 Å². The fourth-order valence-electron chi connectivity index (χ4n) is 3.67. The lowest BCUT2D eigenvalue weighted by Gasteiger charge is -2.28. The Morgan fingerprint density at radius 1 is 1.04 bits per heavy atom. The molecule has 4 rings (SSSR count). The number of nitrogens with one attached hydrogen (secondary N) is 1. The van der Waals surface area contributed by atoms with E-state index < -0.39 is 11.6 Å². The largest absolute Gasteiger partial charge is 0.371 e. The van der Waals surface area contributed by atoms with Crippen LogP contribution in [0.5, 0.6) is 0 Å². The van der Waals surface area contributed by atoms with Crippen LogP contribution in [-0.2, 0) is 4.74 Å². The van der Waals surface area contributed by atoms with Crippen LogP contribution in [0.4, 0.5) is 20.4 Å². The minimum absolute atomic E-state index is 0.0519. The molecule has 138 valence electrons. The van der Waals surface area contributed by atoms with Crippen LogP contribution in [0.15, 0.2) is 30.6 Å². The molecule has 2 aliphatic rings. The molecule has 26 heavy (non-hydrogen) atoms. The number of halogens is 2. The second-order valence-electron chi connectivity index (χ2n) is 6.81. The number of aromatic nitrogens is 2. The monoisotopic (exact) mass is 360 g/mol. The Bertz CT molecular complexity index is 767. The summed E-state index contributed by atoms with van der Waals surface area (Å²) in [6.45, 7) is 2.59. The number of anilines is 2. The van der Waals surface area contributed by atoms with Crippen molar-refractivity contribution in [1.29, 1.82) is 0 Å². The summed E-state index contributed by atoms with van der Waals surface area (Å²) in [5.74, 6) is -0.0569. The van der Waals surface area contributed by atoms with Crippen molar-refractivity contribution in [1.82, 2.24) is 9.97 Å². The molecule has 7 heteroatoms. The smallest absolute Gasteiger partial charge is 0.159 e. The highest BCUT2D eigenvalue weighted by atomic mass is 19.2. The zero-order chi connectivity index (χ0) is 17.9. The topological polar surface area (TPSA) is 50.3 Å². The summed E-state index contributed by atoms with van der Waals surface area (Å²) in [6, 6.07) is 5.82. The predicted molar refractivity (Wildman–Crippen MR) is 95.2 cm³/mol. The van der Waals surface area contributed by atoms with Crippen molar-refractivity contribution < 1.29 is 13.5 Å². The van der Waals surface area contributed by atoms with Gasteiger partial charge in [-0.2, -0.15) is 0 Å². The molecular formula is C19H22F2N4O. The Morgan fingerprint density at radius 3 is 2.69 bits per heavy atom. The minimum Gasteiger partial charge on any atom is -0.371 e. The van der Waals surface area contributed by atoms with Gasteiger partial charge in [0.25, 0.3) is 0 Å². The molecule has 0 radical (unpaired) electrons. The Hall–Kier alpha value is -2.28. The van der Waals surface area contributed by atoms with Crippen LogP contribution in [0.3, 0.4) is 0 Å². The van der Waals surface area contributed by atoms with Gasteiger partial charge in [-0.25, -0.2) is 18.7 Å². The van der Waals surface area contributed by atoms with E-state index in [4.69, 9.17) is 4.74 Å². The normalized spacial score (nSPS) is 23.2. The number of ether oxygens (including phenoxy) is 1. The first-order valence-corrected chi connectivity index (χ1v) is 9.11. The molecule has 2 atom stereocenters. The van der Waals surface area contributed by atoms with Crippen molar-refractivity contribution in [2.45, 2.75) is 37.8 Å². The molecule has 1 aromatic carbocycles. The van der Waals surface area contributed by atoms with E-state index in [0.717, 1.165) is 37.2 Å². The Labute approximate surface area is 151 Å². The van der Waals surface area contributed by atoms with E-state index in [1.807, 2.05) is 6.07 Å². The second-order valence-corrected chi connectivity index (χ2v) is 6.81. The standard InChI is InChI=1S/C19H22F2N4O/c20-14-5-4-13(10-15(14)21)19-16(6-9-26-19)24-17-11-18(23-12-22-17)25-7-2-1-3-8-25/h4-5,10-12,16,19H,1-3,6-9H2,(H,22,23,24). The van der Waals surface area contributed by atoms with Gasteiger partial charge < -0.3 is 15.0 Å². The molecule has 2 aromatic rings. The lowest BCUT2D eigenvalue weighted by Crippen LogP contribution is -2.30. The summed E-state index contributed by atoms with van der Waals surface area (Å²) in [7, 11) is 0. The number of hydrogen-bond acceptors (Lipinski definition) is 5. The molecule has 0 amide bonds. The van der Waals surface area contributed by atoms with E-state index in [9.17, 15) is 8.78 Å². The van der Waals surface area contributed by atoms with Gasteiger partial charge in [0.15, 0.2) is 11.6 Å². The molecular weight excluding hydrogens is 338 g/mol. The zero-order valence-corrected chi connectivity index (χ0v) is 14.5. The second kappa shape index (κ2) is 7.53. The molecule has 2 aliphatic heterocycles. The van der Waals surface area contributed by atoms with E-state index in [0.29, 0.717) is 12.2 Å². The van der Waals surface area contributed by atoms with Gasteiger partial charge in [-0.15, -0.1) is 0 Å². The molecule has 3 heterocycles. The van der Waals surface area contributed by atoms with Crippen LogP contribution in [0.25, 0.3) is 0 Å². The maximum absolute atomic E-state index is 13.6. The summed E-state index contributed by atoms with van der Waals surface area (Å²) < 4.78 is 32.5. The van der Waals surface area contributed by atoms with E-state index in [1.54, 1.807) is 12.4 Å². The third-order valence-corrected chi connectivity index (χ3v) is 5.03. The lowest BCUT2D eigenvalue weighted by molar-refractivity contribution is 0.107. The van der Waals surface area contributed by atoms with Crippen molar-refractivity contribution in [2.75, 3.05) is 29.9 Å². The van der Waals surface area contributed by atoms with Crippen molar-refractivity contribution in [3.05, 3.63) is 47.8 Å². The highest BCUT2D eigenvalue weighted by molar-refractivity contribution is 5.49. The van der Waals surface area contributed by atoms with Crippen LogP contribution in [0.1, 0.15) is 37.4 Å². The van der Waals surface area contributed by atoms with E-state index >= 15 is 0 Å². The van der Waals surface area contributed by atoms with Gasteiger partial charge in [-0.1, -0.05) is 6.07 Å². The quantitative estimate of drug-likeness (QED) is 0.901. The maximum Gasteiger partial charge on any atom is 0.159 e. The fourth-order valence-corrected chi connectivity index (χ4v) is 3.67. The zero-order valence-electron chi connectivity index (χ0n) is 14.5. The first-order valence-electron chi connectivity index (χ1n) is 9.11. The number of rotatable bonds is 4.